The van der Waals surface area contributed by atoms with Crippen LogP contribution in [0, 0.1) is 0 Å². The maximum atomic E-state index is 10.4. The first-order chi connectivity index (χ1) is 11.6. The molecule has 0 radical (unpaired) electrons. The topological polar surface area (TPSA) is 44.5 Å². The molecule has 3 rings (SSSR count). The van der Waals surface area contributed by atoms with Gasteiger partial charge in [-0.25, -0.2) is 4.98 Å². The molecule has 0 saturated carbocycles. The van der Waals surface area contributed by atoms with Crippen molar-refractivity contribution in [3.63, 3.8) is 0 Å². The number of hydrogen-bond acceptors (Lipinski definition) is 4. The zero-order valence-corrected chi connectivity index (χ0v) is 14.7. The lowest BCUT2D eigenvalue weighted by atomic mass is 10.2. The largest absolute Gasteiger partial charge is 0.390 e. The Balaban J connectivity index is 1.61. The van der Waals surface area contributed by atoms with Gasteiger partial charge in [0.05, 0.1) is 12.6 Å². The van der Waals surface area contributed by atoms with Crippen LogP contribution in [0.25, 0.3) is 0 Å². The van der Waals surface area contributed by atoms with Gasteiger partial charge in [-0.2, -0.15) is 0 Å². The van der Waals surface area contributed by atoms with Crippen LogP contribution >= 0.6 is 0 Å². The van der Waals surface area contributed by atoms with Gasteiger partial charge in [0.15, 0.2) is 0 Å². The van der Waals surface area contributed by atoms with E-state index < -0.39 is 0 Å². The quantitative estimate of drug-likeness (QED) is 0.913. The minimum Gasteiger partial charge on any atom is -0.390 e. The fourth-order valence-electron chi connectivity index (χ4n) is 3.38. The molecule has 0 bridgehead atoms. The molecular weight excluding hydrogens is 300 g/mol. The number of benzene rings is 1. The Morgan fingerprint density at radius 1 is 1.08 bits per heavy atom. The summed E-state index contributed by atoms with van der Waals surface area (Å²) in [5, 5.41) is 10.4. The first-order valence-corrected chi connectivity index (χ1v) is 8.80. The van der Waals surface area contributed by atoms with Crippen molar-refractivity contribution in [1.82, 2.24) is 19.4 Å². The lowest BCUT2D eigenvalue weighted by molar-refractivity contribution is 0.105. The summed E-state index contributed by atoms with van der Waals surface area (Å²) in [5.41, 5.74) is 1.30. The molecule has 5 heteroatoms. The number of aromatic nitrogens is 2. The molecule has 1 unspecified atom stereocenters. The predicted octanol–water partition coefficient (Wildman–Crippen LogP) is 2.14. The number of aliphatic hydroxyl groups excluding tert-OH is 1. The molecule has 2 aromatic rings. The van der Waals surface area contributed by atoms with Crippen molar-refractivity contribution in [1.29, 1.82) is 0 Å². The Morgan fingerprint density at radius 3 is 2.42 bits per heavy atom. The first-order valence-electron chi connectivity index (χ1n) is 8.80. The lowest BCUT2D eigenvalue weighted by Gasteiger charge is -2.22. The molecule has 1 aliphatic rings. The summed E-state index contributed by atoms with van der Waals surface area (Å²) in [6, 6.07) is 10.9. The standard InChI is InChI=1S/C19H28N4O/c1-16(2)23-9-8-20-19(23)15-22-11-10-21(13-18(24)14-22)12-17-6-4-3-5-7-17/h3-9,16,18,24H,10-15H2,1-2H3. The van der Waals surface area contributed by atoms with Crippen LogP contribution in [-0.4, -0.2) is 56.7 Å². The first kappa shape index (κ1) is 17.1. The lowest BCUT2D eigenvalue weighted by Crippen LogP contribution is -2.33. The van der Waals surface area contributed by atoms with Crippen molar-refractivity contribution in [2.75, 3.05) is 26.2 Å². The summed E-state index contributed by atoms with van der Waals surface area (Å²) < 4.78 is 2.21. The molecule has 0 spiro atoms. The van der Waals surface area contributed by atoms with Crippen LogP contribution in [0.4, 0.5) is 0 Å². The van der Waals surface area contributed by atoms with Gasteiger partial charge < -0.3 is 9.67 Å². The van der Waals surface area contributed by atoms with Crippen molar-refractivity contribution in [3.05, 3.63) is 54.1 Å². The number of β-amino-alcohol motifs (C(OH)–C–C–N with tert-alkyl or cyclic N) is 1. The molecule has 0 amide bonds. The summed E-state index contributed by atoms with van der Waals surface area (Å²) >= 11 is 0. The van der Waals surface area contributed by atoms with E-state index in [9.17, 15) is 5.11 Å². The highest BCUT2D eigenvalue weighted by molar-refractivity contribution is 5.14. The molecule has 24 heavy (non-hydrogen) atoms. The Bertz CT molecular complexity index is 625. The number of rotatable bonds is 5. The van der Waals surface area contributed by atoms with Crippen LogP contribution in [0.5, 0.6) is 0 Å². The summed E-state index contributed by atoms with van der Waals surface area (Å²) in [7, 11) is 0. The van der Waals surface area contributed by atoms with Crippen molar-refractivity contribution in [3.8, 4) is 0 Å². The number of aliphatic hydroxyl groups is 1. The second-order valence-corrected chi connectivity index (χ2v) is 6.95. The third kappa shape index (κ3) is 4.44. The number of imidazole rings is 1. The van der Waals surface area contributed by atoms with Gasteiger partial charge in [-0.15, -0.1) is 0 Å². The van der Waals surface area contributed by atoms with E-state index in [0.29, 0.717) is 12.6 Å². The molecule has 1 fully saturated rings. The molecule has 0 aliphatic carbocycles. The van der Waals surface area contributed by atoms with Crippen LogP contribution in [0.2, 0.25) is 0 Å². The van der Waals surface area contributed by atoms with Crippen LogP contribution < -0.4 is 0 Å². The number of nitrogens with zero attached hydrogens (tertiary/aromatic N) is 4. The second-order valence-electron chi connectivity index (χ2n) is 6.95. The predicted molar refractivity (Wildman–Crippen MR) is 95.6 cm³/mol. The van der Waals surface area contributed by atoms with E-state index >= 15 is 0 Å². The van der Waals surface area contributed by atoms with E-state index in [4.69, 9.17) is 0 Å². The molecule has 1 saturated heterocycles. The van der Waals surface area contributed by atoms with Gasteiger partial charge in [0.25, 0.3) is 0 Å². The van der Waals surface area contributed by atoms with Gasteiger partial charge in [-0.3, -0.25) is 9.80 Å². The van der Waals surface area contributed by atoms with Gasteiger partial charge in [-0.05, 0) is 19.4 Å². The zero-order chi connectivity index (χ0) is 16.9. The monoisotopic (exact) mass is 328 g/mol. The van der Waals surface area contributed by atoms with E-state index in [1.54, 1.807) is 0 Å². The van der Waals surface area contributed by atoms with Gasteiger partial charge in [0.2, 0.25) is 0 Å². The van der Waals surface area contributed by atoms with E-state index in [1.165, 1.54) is 5.56 Å². The van der Waals surface area contributed by atoms with Crippen LogP contribution in [0.3, 0.4) is 0 Å². The smallest absolute Gasteiger partial charge is 0.123 e. The summed E-state index contributed by atoms with van der Waals surface area (Å²) in [6.07, 6.45) is 3.58. The second kappa shape index (κ2) is 7.92. The Kier molecular flexibility index (Phi) is 5.66. The van der Waals surface area contributed by atoms with Gasteiger partial charge in [0.1, 0.15) is 5.82 Å². The zero-order valence-electron chi connectivity index (χ0n) is 14.7. The minimum atomic E-state index is -0.321. The highest BCUT2D eigenvalue weighted by atomic mass is 16.3. The van der Waals surface area contributed by atoms with Crippen LogP contribution in [0.15, 0.2) is 42.7 Å². The highest BCUT2D eigenvalue weighted by Crippen LogP contribution is 2.14. The van der Waals surface area contributed by atoms with E-state index in [-0.39, 0.29) is 6.10 Å². The fraction of sp³-hybridized carbons (Fsp3) is 0.526. The summed E-state index contributed by atoms with van der Waals surface area (Å²) in [6.45, 7) is 9.38. The number of hydrogen-bond donors (Lipinski definition) is 1. The Morgan fingerprint density at radius 2 is 1.75 bits per heavy atom. The molecular formula is C19H28N4O. The maximum Gasteiger partial charge on any atom is 0.123 e. The molecule has 1 aliphatic heterocycles. The third-order valence-corrected chi connectivity index (χ3v) is 4.59. The molecule has 2 heterocycles. The average Bonchev–Trinajstić information content (AvgIpc) is 2.94. The average molecular weight is 328 g/mol. The van der Waals surface area contributed by atoms with E-state index in [1.807, 2.05) is 18.5 Å². The Labute approximate surface area is 144 Å². The van der Waals surface area contributed by atoms with Crippen molar-refractivity contribution in [2.45, 2.75) is 39.1 Å². The van der Waals surface area contributed by atoms with Crippen LogP contribution in [0.1, 0.15) is 31.3 Å². The van der Waals surface area contributed by atoms with Crippen molar-refractivity contribution >= 4 is 0 Å². The van der Waals surface area contributed by atoms with E-state index in [2.05, 4.69) is 57.5 Å². The normalized spacial score (nSPS) is 20.4. The molecule has 1 atom stereocenters. The SMILES string of the molecule is CC(C)n1ccnc1CN1CCN(Cc2ccccc2)CC(O)C1. The van der Waals surface area contributed by atoms with Crippen molar-refractivity contribution in [2.24, 2.45) is 0 Å². The maximum absolute atomic E-state index is 10.4. The Hall–Kier alpha value is -1.69. The van der Waals surface area contributed by atoms with Crippen LogP contribution in [-0.2, 0) is 13.1 Å². The molecule has 1 N–H and O–H groups in total. The van der Waals surface area contributed by atoms with E-state index in [0.717, 1.165) is 38.5 Å². The molecule has 1 aromatic heterocycles. The summed E-state index contributed by atoms with van der Waals surface area (Å²) in [4.78, 5) is 9.16. The van der Waals surface area contributed by atoms with Crippen molar-refractivity contribution < 1.29 is 5.11 Å². The van der Waals surface area contributed by atoms with Gasteiger partial charge in [-0.1, -0.05) is 30.3 Å². The summed E-state index contributed by atoms with van der Waals surface area (Å²) in [5.74, 6) is 1.08. The highest BCUT2D eigenvalue weighted by Gasteiger charge is 2.22. The molecule has 1 aromatic carbocycles. The van der Waals surface area contributed by atoms with Gasteiger partial charge in [0, 0.05) is 51.2 Å². The minimum absolute atomic E-state index is 0.321. The van der Waals surface area contributed by atoms with Gasteiger partial charge >= 0.3 is 0 Å². The molecule has 5 nitrogen and oxygen atoms in total. The fourth-order valence-corrected chi connectivity index (χ4v) is 3.38. The molecule has 130 valence electrons. The third-order valence-electron chi connectivity index (χ3n) is 4.59.